The number of hydrogen-bond acceptors (Lipinski definition) is 2. The molecular formula is C15H10F2N2O. The average molecular weight is 272 g/mol. The lowest BCUT2D eigenvalue weighted by Crippen LogP contribution is -2.14. The van der Waals surface area contributed by atoms with Crippen molar-refractivity contribution < 1.29 is 8.78 Å². The Bertz CT molecular complexity index is 871. The quantitative estimate of drug-likeness (QED) is 0.682. The first-order chi connectivity index (χ1) is 9.54. The van der Waals surface area contributed by atoms with Crippen molar-refractivity contribution in [1.82, 2.24) is 9.38 Å². The van der Waals surface area contributed by atoms with Gasteiger partial charge in [0, 0.05) is 23.9 Å². The summed E-state index contributed by atoms with van der Waals surface area (Å²) in [5, 5.41) is 0. The number of hydrogen-bond donors (Lipinski definition) is 0. The predicted octanol–water partition coefficient (Wildman–Crippen LogP) is 2.95. The molecule has 0 saturated heterocycles. The number of benzene rings is 1. The van der Waals surface area contributed by atoms with Crippen molar-refractivity contribution in [2.45, 2.75) is 6.92 Å². The summed E-state index contributed by atoms with van der Waals surface area (Å²) in [7, 11) is 0. The fourth-order valence-electron chi connectivity index (χ4n) is 2.04. The molecule has 0 aliphatic heterocycles. The Kier molecular flexibility index (Phi) is 2.82. The van der Waals surface area contributed by atoms with E-state index >= 15 is 0 Å². The van der Waals surface area contributed by atoms with Gasteiger partial charge in [0.05, 0.1) is 5.69 Å². The third kappa shape index (κ3) is 2.07. The maximum absolute atomic E-state index is 13.7. The summed E-state index contributed by atoms with van der Waals surface area (Å²) in [6, 6.07) is 7.92. The molecule has 0 bridgehead atoms. The molecule has 5 heteroatoms. The highest BCUT2D eigenvalue weighted by Gasteiger charge is 2.10. The van der Waals surface area contributed by atoms with Crippen LogP contribution in [0.25, 0.3) is 16.9 Å². The Hall–Kier alpha value is -2.56. The average Bonchev–Trinajstić information content (AvgIpc) is 2.39. The molecule has 0 atom stereocenters. The van der Waals surface area contributed by atoms with E-state index in [-0.39, 0.29) is 16.8 Å². The summed E-state index contributed by atoms with van der Waals surface area (Å²) >= 11 is 0. The van der Waals surface area contributed by atoms with Gasteiger partial charge >= 0.3 is 0 Å². The summed E-state index contributed by atoms with van der Waals surface area (Å²) in [6.07, 6.45) is 1.66. The maximum atomic E-state index is 13.7. The zero-order chi connectivity index (χ0) is 14.3. The number of aromatic nitrogens is 2. The van der Waals surface area contributed by atoms with Crippen LogP contribution in [0.3, 0.4) is 0 Å². The molecule has 0 fully saturated rings. The molecular weight excluding hydrogens is 262 g/mol. The van der Waals surface area contributed by atoms with Gasteiger partial charge in [-0.2, -0.15) is 0 Å². The van der Waals surface area contributed by atoms with E-state index in [1.807, 2.05) is 13.0 Å². The molecule has 100 valence electrons. The van der Waals surface area contributed by atoms with E-state index in [0.717, 1.165) is 17.7 Å². The largest absolute Gasteiger partial charge is 0.269 e. The van der Waals surface area contributed by atoms with Crippen LogP contribution in [0.2, 0.25) is 0 Å². The molecule has 3 aromatic rings. The van der Waals surface area contributed by atoms with Crippen molar-refractivity contribution >= 4 is 5.65 Å². The van der Waals surface area contributed by atoms with Crippen molar-refractivity contribution in [3.63, 3.8) is 0 Å². The lowest BCUT2D eigenvalue weighted by molar-refractivity contribution is 0.585. The molecule has 20 heavy (non-hydrogen) atoms. The van der Waals surface area contributed by atoms with Crippen LogP contribution in [-0.4, -0.2) is 9.38 Å². The second-order valence-corrected chi connectivity index (χ2v) is 4.54. The zero-order valence-corrected chi connectivity index (χ0v) is 10.6. The van der Waals surface area contributed by atoms with Gasteiger partial charge < -0.3 is 0 Å². The Morgan fingerprint density at radius 1 is 1.10 bits per heavy atom. The minimum atomic E-state index is -0.742. The number of pyridine rings is 1. The summed E-state index contributed by atoms with van der Waals surface area (Å²) in [6.45, 7) is 1.86. The molecule has 2 aromatic heterocycles. The summed E-state index contributed by atoms with van der Waals surface area (Å²) < 4.78 is 28.0. The Labute approximate surface area is 113 Å². The van der Waals surface area contributed by atoms with Gasteiger partial charge in [0.25, 0.3) is 5.56 Å². The van der Waals surface area contributed by atoms with E-state index in [2.05, 4.69) is 4.98 Å². The summed E-state index contributed by atoms with van der Waals surface area (Å²) in [4.78, 5) is 16.3. The second kappa shape index (κ2) is 4.52. The summed E-state index contributed by atoms with van der Waals surface area (Å²) in [5.74, 6) is -1.41. The molecule has 0 radical (unpaired) electrons. The molecule has 0 spiro atoms. The van der Waals surface area contributed by atoms with E-state index in [9.17, 15) is 13.6 Å². The lowest BCUT2D eigenvalue weighted by atomic mass is 10.1. The minimum absolute atomic E-state index is 0.103. The zero-order valence-electron chi connectivity index (χ0n) is 10.6. The molecule has 0 amide bonds. The maximum Gasteiger partial charge on any atom is 0.258 e. The molecule has 0 aliphatic rings. The van der Waals surface area contributed by atoms with Crippen LogP contribution in [-0.2, 0) is 0 Å². The first-order valence-corrected chi connectivity index (χ1v) is 6.00. The molecule has 0 aliphatic carbocycles. The highest BCUT2D eigenvalue weighted by Crippen LogP contribution is 2.21. The van der Waals surface area contributed by atoms with E-state index in [0.29, 0.717) is 5.65 Å². The van der Waals surface area contributed by atoms with Gasteiger partial charge in [0.15, 0.2) is 0 Å². The van der Waals surface area contributed by atoms with Crippen molar-refractivity contribution in [2.75, 3.05) is 0 Å². The van der Waals surface area contributed by atoms with Crippen molar-refractivity contribution in [1.29, 1.82) is 0 Å². The van der Waals surface area contributed by atoms with Crippen molar-refractivity contribution in [2.24, 2.45) is 0 Å². The minimum Gasteiger partial charge on any atom is -0.269 e. The van der Waals surface area contributed by atoms with Gasteiger partial charge in [-0.05, 0) is 30.7 Å². The SMILES string of the molecule is Cc1ccc2nc(-c3ccc(F)cc3F)cc(=O)n2c1. The number of fused-ring (bicyclic) bond motifs is 1. The van der Waals surface area contributed by atoms with Crippen LogP contribution < -0.4 is 5.56 Å². The molecule has 0 N–H and O–H groups in total. The first kappa shape index (κ1) is 12.5. The van der Waals surface area contributed by atoms with Crippen LogP contribution >= 0.6 is 0 Å². The molecule has 3 rings (SSSR count). The molecule has 3 nitrogen and oxygen atoms in total. The fraction of sp³-hybridized carbons (Fsp3) is 0.0667. The standard InChI is InChI=1S/C15H10F2N2O/c1-9-2-5-14-18-13(7-15(20)19(14)8-9)11-4-3-10(16)6-12(11)17/h2-8H,1H3. The highest BCUT2D eigenvalue weighted by atomic mass is 19.1. The van der Waals surface area contributed by atoms with Gasteiger partial charge in [0.2, 0.25) is 0 Å². The smallest absolute Gasteiger partial charge is 0.258 e. The third-order valence-electron chi connectivity index (χ3n) is 3.01. The van der Waals surface area contributed by atoms with E-state index < -0.39 is 11.6 Å². The van der Waals surface area contributed by atoms with Gasteiger partial charge in [0.1, 0.15) is 17.3 Å². The van der Waals surface area contributed by atoms with Gasteiger partial charge in [-0.15, -0.1) is 0 Å². The lowest BCUT2D eigenvalue weighted by Gasteiger charge is -2.06. The monoisotopic (exact) mass is 272 g/mol. The van der Waals surface area contributed by atoms with Gasteiger partial charge in [-0.1, -0.05) is 6.07 Å². The van der Waals surface area contributed by atoms with Crippen LogP contribution in [0, 0.1) is 18.6 Å². The van der Waals surface area contributed by atoms with Gasteiger partial charge in [-0.3, -0.25) is 9.20 Å². The fourth-order valence-corrected chi connectivity index (χ4v) is 2.04. The van der Waals surface area contributed by atoms with E-state index in [4.69, 9.17) is 0 Å². The van der Waals surface area contributed by atoms with Crippen molar-refractivity contribution in [3.05, 3.63) is 70.1 Å². The topological polar surface area (TPSA) is 34.4 Å². The molecule has 0 saturated carbocycles. The number of nitrogens with zero attached hydrogens (tertiary/aromatic N) is 2. The van der Waals surface area contributed by atoms with Crippen LogP contribution in [0.4, 0.5) is 8.78 Å². The summed E-state index contributed by atoms with van der Waals surface area (Å²) in [5.41, 5.74) is 1.32. The highest BCUT2D eigenvalue weighted by molar-refractivity contribution is 5.62. The number of rotatable bonds is 1. The molecule has 0 unspecified atom stereocenters. The van der Waals surface area contributed by atoms with Crippen LogP contribution in [0.1, 0.15) is 5.56 Å². The Balaban J connectivity index is 2.27. The molecule has 2 heterocycles. The van der Waals surface area contributed by atoms with E-state index in [1.165, 1.54) is 16.5 Å². The Morgan fingerprint density at radius 3 is 2.65 bits per heavy atom. The number of aryl methyl sites for hydroxylation is 1. The first-order valence-electron chi connectivity index (χ1n) is 6.00. The third-order valence-corrected chi connectivity index (χ3v) is 3.01. The Morgan fingerprint density at radius 2 is 1.90 bits per heavy atom. The van der Waals surface area contributed by atoms with Crippen LogP contribution in [0.15, 0.2) is 47.4 Å². The van der Waals surface area contributed by atoms with Crippen molar-refractivity contribution in [3.8, 4) is 11.3 Å². The number of halogens is 2. The van der Waals surface area contributed by atoms with Gasteiger partial charge in [-0.25, -0.2) is 13.8 Å². The van der Waals surface area contributed by atoms with Crippen LogP contribution in [0.5, 0.6) is 0 Å². The second-order valence-electron chi connectivity index (χ2n) is 4.54. The predicted molar refractivity (Wildman–Crippen MR) is 71.6 cm³/mol. The van der Waals surface area contributed by atoms with E-state index in [1.54, 1.807) is 12.3 Å². The molecule has 1 aromatic carbocycles. The normalized spacial score (nSPS) is 10.9.